The molecule has 4 heteroatoms. The summed E-state index contributed by atoms with van der Waals surface area (Å²) in [6.07, 6.45) is 1.16. The zero-order chi connectivity index (χ0) is 10.8. The largest absolute Gasteiger partial charge is 0.380 e. The number of hydrogen-bond donors (Lipinski definition) is 0. The van der Waals surface area contributed by atoms with Gasteiger partial charge in [-0.05, 0) is 27.3 Å². The van der Waals surface area contributed by atoms with Crippen LogP contribution in [0.25, 0.3) is 0 Å². The highest BCUT2D eigenvalue weighted by Crippen LogP contribution is 2.21. The second-order valence-electron chi connectivity index (χ2n) is 4.17. The van der Waals surface area contributed by atoms with E-state index in [1.807, 2.05) is 11.3 Å². The van der Waals surface area contributed by atoms with E-state index in [4.69, 9.17) is 4.74 Å². The number of thiazole rings is 1. The minimum Gasteiger partial charge on any atom is -0.380 e. The molecule has 1 aromatic heterocycles. The molecule has 0 N–H and O–H groups in total. The molecule has 1 aliphatic rings. The molecular formula is C11H18N2OS. The lowest BCUT2D eigenvalue weighted by Crippen LogP contribution is -2.31. The highest BCUT2D eigenvalue weighted by atomic mass is 32.1. The van der Waals surface area contributed by atoms with Gasteiger partial charge in [0, 0.05) is 24.1 Å². The van der Waals surface area contributed by atoms with Crippen LogP contribution in [0.5, 0.6) is 0 Å². The topological polar surface area (TPSA) is 25.4 Å². The summed E-state index contributed by atoms with van der Waals surface area (Å²) in [5, 5.41) is 1.17. The van der Waals surface area contributed by atoms with Crippen molar-refractivity contribution in [1.29, 1.82) is 0 Å². The Morgan fingerprint density at radius 1 is 1.53 bits per heavy atom. The molecule has 3 nitrogen and oxygen atoms in total. The number of nitrogens with zero attached hydrogens (tertiary/aromatic N) is 2. The minimum atomic E-state index is 0.590. The predicted molar refractivity (Wildman–Crippen MR) is 62.3 cm³/mol. The quantitative estimate of drug-likeness (QED) is 0.788. The average Bonchev–Trinajstić information content (AvgIpc) is 2.76. The van der Waals surface area contributed by atoms with E-state index in [0.29, 0.717) is 6.04 Å². The maximum Gasteiger partial charge on any atom is 0.0900 e. The summed E-state index contributed by atoms with van der Waals surface area (Å²) in [5.74, 6) is 0. The molecule has 0 radical (unpaired) electrons. The van der Waals surface area contributed by atoms with Crippen molar-refractivity contribution in [3.8, 4) is 0 Å². The summed E-state index contributed by atoms with van der Waals surface area (Å²) in [7, 11) is 2.17. The molecule has 2 rings (SSSR count). The Balaban J connectivity index is 1.98. The molecule has 0 aromatic carbocycles. The van der Waals surface area contributed by atoms with Gasteiger partial charge in [0.2, 0.25) is 0 Å². The first-order valence-corrected chi connectivity index (χ1v) is 6.19. The first-order chi connectivity index (χ1) is 7.16. The van der Waals surface area contributed by atoms with Crippen molar-refractivity contribution in [2.45, 2.75) is 32.9 Å². The molecule has 0 spiro atoms. The molecule has 0 aliphatic carbocycles. The van der Waals surface area contributed by atoms with Crippen molar-refractivity contribution < 1.29 is 4.74 Å². The number of aromatic nitrogens is 1. The molecule has 1 fully saturated rings. The Bertz CT molecular complexity index is 331. The van der Waals surface area contributed by atoms with Gasteiger partial charge in [0.15, 0.2) is 0 Å². The number of likely N-dealkylation sites (N-methyl/N-ethyl adjacent to an activating group) is 1. The Labute approximate surface area is 95.1 Å². The summed E-state index contributed by atoms with van der Waals surface area (Å²) in [5.41, 5.74) is 1.18. The van der Waals surface area contributed by atoms with Crippen LogP contribution in [0.15, 0.2) is 0 Å². The van der Waals surface area contributed by atoms with E-state index in [0.717, 1.165) is 26.2 Å². The van der Waals surface area contributed by atoms with E-state index in [1.165, 1.54) is 15.6 Å². The summed E-state index contributed by atoms with van der Waals surface area (Å²) in [6.45, 7) is 6.96. The van der Waals surface area contributed by atoms with Gasteiger partial charge in [-0.25, -0.2) is 4.98 Å². The Morgan fingerprint density at radius 3 is 2.87 bits per heavy atom. The van der Waals surface area contributed by atoms with Crippen LogP contribution in [-0.2, 0) is 11.3 Å². The Morgan fingerprint density at radius 2 is 2.33 bits per heavy atom. The molecule has 15 heavy (non-hydrogen) atoms. The third-order valence-corrected chi connectivity index (χ3v) is 3.98. The van der Waals surface area contributed by atoms with E-state index in [2.05, 4.69) is 30.8 Å². The van der Waals surface area contributed by atoms with Crippen molar-refractivity contribution >= 4 is 11.3 Å². The van der Waals surface area contributed by atoms with E-state index in [-0.39, 0.29) is 0 Å². The third-order valence-electron chi connectivity index (χ3n) is 2.92. The zero-order valence-electron chi connectivity index (χ0n) is 9.62. The third kappa shape index (κ3) is 2.56. The van der Waals surface area contributed by atoms with Crippen LogP contribution in [0.3, 0.4) is 0 Å². The maximum absolute atomic E-state index is 5.40. The smallest absolute Gasteiger partial charge is 0.0900 e. The molecule has 1 atom stereocenters. The van der Waals surface area contributed by atoms with Crippen LogP contribution in [0, 0.1) is 13.8 Å². The van der Waals surface area contributed by atoms with Gasteiger partial charge in [-0.15, -0.1) is 11.3 Å². The van der Waals surface area contributed by atoms with Crippen LogP contribution >= 0.6 is 11.3 Å². The molecule has 0 bridgehead atoms. The second kappa shape index (κ2) is 4.60. The minimum absolute atomic E-state index is 0.590. The maximum atomic E-state index is 5.40. The number of aryl methyl sites for hydroxylation is 2. The lowest BCUT2D eigenvalue weighted by atomic mass is 10.2. The van der Waals surface area contributed by atoms with Crippen LogP contribution in [0.1, 0.15) is 22.0 Å². The van der Waals surface area contributed by atoms with Gasteiger partial charge >= 0.3 is 0 Å². The Hall–Kier alpha value is -0.450. The number of ether oxygens (including phenoxy) is 1. The molecule has 1 saturated heterocycles. The van der Waals surface area contributed by atoms with Gasteiger partial charge in [-0.2, -0.15) is 0 Å². The van der Waals surface area contributed by atoms with E-state index in [9.17, 15) is 0 Å². The summed E-state index contributed by atoms with van der Waals surface area (Å²) < 4.78 is 5.40. The average molecular weight is 226 g/mol. The highest BCUT2D eigenvalue weighted by molar-refractivity contribution is 7.11. The van der Waals surface area contributed by atoms with Crippen LogP contribution in [0.4, 0.5) is 0 Å². The van der Waals surface area contributed by atoms with Crippen LogP contribution < -0.4 is 0 Å². The molecule has 0 amide bonds. The van der Waals surface area contributed by atoms with Crippen molar-refractivity contribution in [3.63, 3.8) is 0 Å². The van der Waals surface area contributed by atoms with Gasteiger partial charge in [-0.1, -0.05) is 0 Å². The van der Waals surface area contributed by atoms with E-state index >= 15 is 0 Å². The molecule has 1 unspecified atom stereocenters. The van der Waals surface area contributed by atoms with E-state index < -0.39 is 0 Å². The number of hydrogen-bond acceptors (Lipinski definition) is 4. The first kappa shape index (κ1) is 11.0. The summed E-state index contributed by atoms with van der Waals surface area (Å²) in [4.78, 5) is 8.22. The highest BCUT2D eigenvalue weighted by Gasteiger charge is 2.21. The summed E-state index contributed by atoms with van der Waals surface area (Å²) in [6, 6.07) is 0.590. The van der Waals surface area contributed by atoms with Crippen molar-refractivity contribution in [3.05, 3.63) is 15.6 Å². The molecular weight excluding hydrogens is 208 g/mol. The fraction of sp³-hybridized carbons (Fsp3) is 0.727. The predicted octanol–water partition coefficient (Wildman–Crippen LogP) is 1.98. The molecule has 2 heterocycles. The molecule has 1 aromatic rings. The standard InChI is InChI=1S/C11H18N2OS/c1-8-11(15-9(2)12-8)6-13(3)10-4-5-14-7-10/h10H,4-7H2,1-3H3. The monoisotopic (exact) mass is 226 g/mol. The van der Waals surface area contributed by atoms with Crippen LogP contribution in [-0.4, -0.2) is 36.2 Å². The normalized spacial score (nSPS) is 21.5. The van der Waals surface area contributed by atoms with Gasteiger partial charge < -0.3 is 4.74 Å². The van der Waals surface area contributed by atoms with Gasteiger partial charge in [0.1, 0.15) is 0 Å². The fourth-order valence-electron chi connectivity index (χ4n) is 1.95. The number of rotatable bonds is 3. The SMILES string of the molecule is Cc1nc(C)c(CN(C)C2CCOC2)s1. The molecule has 0 saturated carbocycles. The van der Waals surface area contributed by atoms with Gasteiger partial charge in [0.05, 0.1) is 17.3 Å². The van der Waals surface area contributed by atoms with Gasteiger partial charge in [-0.3, -0.25) is 4.90 Å². The zero-order valence-corrected chi connectivity index (χ0v) is 10.4. The van der Waals surface area contributed by atoms with Crippen molar-refractivity contribution in [2.24, 2.45) is 0 Å². The second-order valence-corrected chi connectivity index (χ2v) is 5.46. The van der Waals surface area contributed by atoms with Gasteiger partial charge in [0.25, 0.3) is 0 Å². The lowest BCUT2D eigenvalue weighted by Gasteiger charge is -2.22. The lowest BCUT2D eigenvalue weighted by molar-refractivity contribution is 0.157. The molecule has 84 valence electrons. The van der Waals surface area contributed by atoms with E-state index in [1.54, 1.807) is 0 Å². The fourth-order valence-corrected chi connectivity index (χ4v) is 2.95. The van der Waals surface area contributed by atoms with Crippen molar-refractivity contribution in [2.75, 3.05) is 20.3 Å². The first-order valence-electron chi connectivity index (χ1n) is 5.37. The molecule has 1 aliphatic heterocycles. The summed E-state index contributed by atoms with van der Waals surface area (Å²) >= 11 is 1.81. The van der Waals surface area contributed by atoms with Crippen LogP contribution in [0.2, 0.25) is 0 Å². The Kier molecular flexibility index (Phi) is 3.38. The van der Waals surface area contributed by atoms with Crippen molar-refractivity contribution in [1.82, 2.24) is 9.88 Å².